The van der Waals surface area contributed by atoms with Gasteiger partial charge in [0.25, 0.3) is 0 Å². The van der Waals surface area contributed by atoms with Gasteiger partial charge in [0.05, 0.1) is 0 Å². The van der Waals surface area contributed by atoms with E-state index < -0.39 is 0 Å². The Morgan fingerprint density at radius 3 is 1.37 bits per heavy atom. The van der Waals surface area contributed by atoms with Gasteiger partial charge in [-0.15, -0.1) is 0 Å². The average molecular weight is 586 g/mol. The topological polar surface area (TPSA) is 38.7 Å². The minimum Gasteiger partial charge on any atom is -0.208 e. The molecule has 0 aliphatic rings. The molecule has 0 aliphatic carbocycles. The number of fused-ring (bicyclic) bond motifs is 8. The molecule has 0 bridgehead atoms. The molecule has 0 aliphatic heterocycles. The lowest BCUT2D eigenvalue weighted by Gasteiger charge is -2.15. The van der Waals surface area contributed by atoms with Crippen molar-refractivity contribution in [3.63, 3.8) is 0 Å². The second-order valence-electron chi connectivity index (χ2n) is 11.6. The summed E-state index contributed by atoms with van der Waals surface area (Å²) in [5.41, 5.74) is 5.08. The van der Waals surface area contributed by atoms with Gasteiger partial charge < -0.3 is 0 Å². The van der Waals surface area contributed by atoms with Crippen LogP contribution < -0.4 is 0 Å². The number of aromatic nitrogens is 3. The third-order valence-electron chi connectivity index (χ3n) is 8.90. The summed E-state index contributed by atoms with van der Waals surface area (Å²) in [6.45, 7) is 0. The van der Waals surface area contributed by atoms with Gasteiger partial charge in [-0.1, -0.05) is 158 Å². The van der Waals surface area contributed by atoms with E-state index in [-0.39, 0.29) is 0 Å². The SMILES string of the molecule is c1ccc(-c2nc(-c3ccccc3)nc(-c3ccccc3-c3ccc4ccc5c6ccccc6c6ccccc6c5c4c3)n2)cc1. The molecule has 0 spiro atoms. The third kappa shape index (κ3) is 4.33. The molecule has 0 atom stereocenters. The van der Waals surface area contributed by atoms with Crippen LogP contribution in [0.25, 0.3) is 88.4 Å². The predicted molar refractivity (Wildman–Crippen MR) is 192 cm³/mol. The highest BCUT2D eigenvalue weighted by Crippen LogP contribution is 2.41. The van der Waals surface area contributed by atoms with Crippen molar-refractivity contribution in [1.29, 1.82) is 0 Å². The predicted octanol–water partition coefficient (Wildman–Crippen LogP) is 11.2. The molecule has 0 radical (unpaired) electrons. The number of hydrogen-bond donors (Lipinski definition) is 0. The summed E-state index contributed by atoms with van der Waals surface area (Å²) >= 11 is 0. The molecule has 0 saturated heterocycles. The first-order valence-corrected chi connectivity index (χ1v) is 15.5. The van der Waals surface area contributed by atoms with Gasteiger partial charge in [0.1, 0.15) is 0 Å². The quantitative estimate of drug-likeness (QED) is 0.193. The molecule has 0 unspecified atom stereocenters. The summed E-state index contributed by atoms with van der Waals surface area (Å²) in [6.07, 6.45) is 0. The van der Waals surface area contributed by atoms with Crippen LogP contribution in [-0.2, 0) is 0 Å². The van der Waals surface area contributed by atoms with E-state index in [1.807, 2.05) is 60.7 Å². The van der Waals surface area contributed by atoms with Gasteiger partial charge in [0.2, 0.25) is 0 Å². The lowest BCUT2D eigenvalue weighted by atomic mass is 9.89. The highest BCUT2D eigenvalue weighted by Gasteiger charge is 2.17. The summed E-state index contributed by atoms with van der Waals surface area (Å²) in [5.74, 6) is 1.96. The highest BCUT2D eigenvalue weighted by molar-refractivity contribution is 6.31. The first kappa shape index (κ1) is 26.2. The molecule has 9 rings (SSSR count). The van der Waals surface area contributed by atoms with Crippen LogP contribution >= 0.6 is 0 Å². The summed E-state index contributed by atoms with van der Waals surface area (Å²) in [7, 11) is 0. The Hall–Kier alpha value is -6.19. The van der Waals surface area contributed by atoms with Crippen molar-refractivity contribution < 1.29 is 0 Å². The first-order valence-electron chi connectivity index (χ1n) is 15.5. The van der Waals surface area contributed by atoms with E-state index in [1.54, 1.807) is 0 Å². The molecular formula is C43H27N3. The highest BCUT2D eigenvalue weighted by atomic mass is 15.0. The molecule has 3 nitrogen and oxygen atoms in total. The molecule has 1 heterocycles. The summed E-state index contributed by atoms with van der Waals surface area (Å²) in [6, 6.07) is 57.5. The fourth-order valence-corrected chi connectivity index (χ4v) is 6.75. The normalized spacial score (nSPS) is 11.5. The fourth-order valence-electron chi connectivity index (χ4n) is 6.75. The monoisotopic (exact) mass is 585 g/mol. The fraction of sp³-hybridized carbons (Fsp3) is 0. The summed E-state index contributed by atoms with van der Waals surface area (Å²) in [4.78, 5) is 15.0. The van der Waals surface area contributed by atoms with Crippen molar-refractivity contribution in [2.75, 3.05) is 0 Å². The summed E-state index contributed by atoms with van der Waals surface area (Å²) < 4.78 is 0. The van der Waals surface area contributed by atoms with Crippen molar-refractivity contribution in [3.8, 4) is 45.3 Å². The van der Waals surface area contributed by atoms with Crippen LogP contribution in [0.2, 0.25) is 0 Å². The van der Waals surface area contributed by atoms with Gasteiger partial charge in [-0.25, -0.2) is 15.0 Å². The molecular weight excluding hydrogens is 558 g/mol. The largest absolute Gasteiger partial charge is 0.208 e. The van der Waals surface area contributed by atoms with Gasteiger partial charge in [-0.3, -0.25) is 0 Å². The van der Waals surface area contributed by atoms with Crippen molar-refractivity contribution in [1.82, 2.24) is 15.0 Å². The zero-order chi connectivity index (χ0) is 30.5. The smallest absolute Gasteiger partial charge is 0.164 e. The van der Waals surface area contributed by atoms with Crippen LogP contribution in [0.3, 0.4) is 0 Å². The van der Waals surface area contributed by atoms with E-state index in [0.717, 1.165) is 27.8 Å². The van der Waals surface area contributed by atoms with Crippen LogP contribution in [0.1, 0.15) is 0 Å². The lowest BCUT2D eigenvalue weighted by Crippen LogP contribution is -2.01. The van der Waals surface area contributed by atoms with Crippen molar-refractivity contribution in [2.45, 2.75) is 0 Å². The van der Waals surface area contributed by atoms with E-state index in [1.165, 1.54) is 43.1 Å². The Morgan fingerprint density at radius 1 is 0.283 bits per heavy atom. The van der Waals surface area contributed by atoms with Crippen molar-refractivity contribution in [3.05, 3.63) is 164 Å². The standard InChI is InChI=1S/C43H27N3/c1-3-13-29(14-4-1)41-44-42(30-15-5-2-6-16-30)46-43(45-41)38-22-12-7-17-32(38)31-24-23-28-25-26-37-35-20-9-8-18-33(35)34-19-10-11-21-36(34)40(37)39(28)27-31/h1-27H. The average Bonchev–Trinajstić information content (AvgIpc) is 3.15. The van der Waals surface area contributed by atoms with E-state index in [0.29, 0.717) is 17.5 Å². The van der Waals surface area contributed by atoms with Crippen molar-refractivity contribution >= 4 is 43.1 Å². The van der Waals surface area contributed by atoms with Gasteiger partial charge in [0.15, 0.2) is 17.5 Å². The first-order chi connectivity index (χ1) is 22.8. The number of hydrogen-bond acceptors (Lipinski definition) is 3. The molecule has 3 heteroatoms. The van der Waals surface area contributed by atoms with Gasteiger partial charge in [-0.05, 0) is 60.3 Å². The maximum absolute atomic E-state index is 5.05. The number of benzene rings is 8. The van der Waals surface area contributed by atoms with Crippen LogP contribution in [0.4, 0.5) is 0 Å². The lowest BCUT2D eigenvalue weighted by molar-refractivity contribution is 1.07. The van der Waals surface area contributed by atoms with Gasteiger partial charge >= 0.3 is 0 Å². The minimum atomic E-state index is 0.651. The second-order valence-corrected chi connectivity index (χ2v) is 11.6. The molecule has 0 amide bonds. The second kappa shape index (κ2) is 10.8. The van der Waals surface area contributed by atoms with E-state index in [2.05, 4.69) is 103 Å². The maximum Gasteiger partial charge on any atom is 0.164 e. The molecule has 46 heavy (non-hydrogen) atoms. The number of nitrogens with zero attached hydrogens (tertiary/aromatic N) is 3. The van der Waals surface area contributed by atoms with Crippen LogP contribution in [0.15, 0.2) is 164 Å². The molecule has 8 aromatic carbocycles. The molecule has 9 aromatic rings. The Bertz CT molecular complexity index is 2480. The Balaban J connectivity index is 1.30. The molecule has 214 valence electrons. The third-order valence-corrected chi connectivity index (χ3v) is 8.90. The van der Waals surface area contributed by atoms with Gasteiger partial charge in [0, 0.05) is 16.7 Å². The minimum absolute atomic E-state index is 0.651. The summed E-state index contributed by atoms with van der Waals surface area (Å²) in [5, 5.41) is 10.1. The number of rotatable bonds is 4. The molecule has 0 N–H and O–H groups in total. The Labute approximate surface area is 266 Å². The zero-order valence-corrected chi connectivity index (χ0v) is 24.9. The van der Waals surface area contributed by atoms with E-state index in [4.69, 9.17) is 15.0 Å². The zero-order valence-electron chi connectivity index (χ0n) is 24.9. The maximum atomic E-state index is 5.05. The van der Waals surface area contributed by atoms with E-state index >= 15 is 0 Å². The molecule has 1 aromatic heterocycles. The Kier molecular flexibility index (Phi) is 6.14. The Morgan fingerprint density at radius 2 is 0.739 bits per heavy atom. The van der Waals surface area contributed by atoms with Gasteiger partial charge in [-0.2, -0.15) is 0 Å². The molecule has 0 saturated carbocycles. The van der Waals surface area contributed by atoms with Crippen molar-refractivity contribution in [2.24, 2.45) is 0 Å². The van der Waals surface area contributed by atoms with Crippen LogP contribution in [0, 0.1) is 0 Å². The molecule has 0 fully saturated rings. The van der Waals surface area contributed by atoms with Crippen LogP contribution in [-0.4, -0.2) is 15.0 Å². The van der Waals surface area contributed by atoms with E-state index in [9.17, 15) is 0 Å². The van der Waals surface area contributed by atoms with Crippen LogP contribution in [0.5, 0.6) is 0 Å².